The van der Waals surface area contributed by atoms with Gasteiger partial charge in [-0.15, -0.1) is 0 Å². The summed E-state index contributed by atoms with van der Waals surface area (Å²) in [7, 11) is 1.61. The molecule has 1 aromatic carbocycles. The molecule has 1 aromatic heterocycles. The standard InChI is InChI=1S/C18H23ClN4O2/c1-18(2,3)11-22-15-14(10-21-17(19)23-15)16(24)20-9-12-5-7-13(25-4)8-6-12/h5-8,10H,9,11H2,1-4H3,(H,20,24)(H,21,22,23). The first-order valence-corrected chi connectivity index (χ1v) is 8.34. The summed E-state index contributed by atoms with van der Waals surface area (Å²) in [5, 5.41) is 6.14. The van der Waals surface area contributed by atoms with Gasteiger partial charge < -0.3 is 15.4 Å². The molecule has 2 rings (SSSR count). The highest BCUT2D eigenvalue weighted by atomic mass is 35.5. The van der Waals surface area contributed by atoms with Crippen LogP contribution in [0.2, 0.25) is 5.28 Å². The Labute approximate surface area is 153 Å². The van der Waals surface area contributed by atoms with E-state index in [1.165, 1.54) is 6.20 Å². The molecule has 0 atom stereocenters. The molecule has 6 nitrogen and oxygen atoms in total. The van der Waals surface area contributed by atoms with Crippen LogP contribution in [0.1, 0.15) is 36.7 Å². The largest absolute Gasteiger partial charge is 0.497 e. The summed E-state index contributed by atoms with van der Waals surface area (Å²) in [6, 6.07) is 7.50. The van der Waals surface area contributed by atoms with E-state index < -0.39 is 0 Å². The smallest absolute Gasteiger partial charge is 0.256 e. The van der Waals surface area contributed by atoms with Crippen LogP contribution in [0.5, 0.6) is 5.75 Å². The van der Waals surface area contributed by atoms with Gasteiger partial charge in [0.1, 0.15) is 17.1 Å². The monoisotopic (exact) mass is 362 g/mol. The Balaban J connectivity index is 2.07. The van der Waals surface area contributed by atoms with Gasteiger partial charge in [-0.05, 0) is 34.7 Å². The van der Waals surface area contributed by atoms with Gasteiger partial charge in [0, 0.05) is 19.3 Å². The SMILES string of the molecule is COc1ccc(CNC(=O)c2cnc(Cl)nc2NCC(C)(C)C)cc1. The van der Waals surface area contributed by atoms with E-state index >= 15 is 0 Å². The van der Waals surface area contributed by atoms with E-state index in [-0.39, 0.29) is 16.6 Å². The average Bonchev–Trinajstić information content (AvgIpc) is 2.57. The fraction of sp³-hybridized carbons (Fsp3) is 0.389. The molecule has 25 heavy (non-hydrogen) atoms. The molecule has 0 saturated carbocycles. The van der Waals surface area contributed by atoms with Crippen LogP contribution >= 0.6 is 11.6 Å². The zero-order chi connectivity index (χ0) is 18.4. The van der Waals surface area contributed by atoms with Crippen molar-refractivity contribution in [3.63, 3.8) is 0 Å². The second kappa shape index (κ2) is 8.16. The molecule has 0 aliphatic carbocycles. The van der Waals surface area contributed by atoms with Gasteiger partial charge in [-0.3, -0.25) is 4.79 Å². The Bertz CT molecular complexity index is 727. The van der Waals surface area contributed by atoms with Gasteiger partial charge in [0.05, 0.1) is 7.11 Å². The van der Waals surface area contributed by atoms with Crippen LogP contribution in [0.4, 0.5) is 5.82 Å². The topological polar surface area (TPSA) is 76.1 Å². The molecule has 134 valence electrons. The predicted octanol–water partition coefficient (Wildman–Crippen LogP) is 3.53. The van der Waals surface area contributed by atoms with Crippen LogP contribution in [0.25, 0.3) is 0 Å². The minimum atomic E-state index is -0.260. The number of carbonyl (C=O) groups excluding carboxylic acids is 1. The predicted molar refractivity (Wildman–Crippen MR) is 99.2 cm³/mol. The van der Waals surface area contributed by atoms with Crippen LogP contribution in [-0.2, 0) is 6.54 Å². The summed E-state index contributed by atoms with van der Waals surface area (Å²) < 4.78 is 5.12. The molecule has 0 unspecified atom stereocenters. The van der Waals surface area contributed by atoms with Gasteiger partial charge in [-0.2, -0.15) is 4.98 Å². The molecule has 2 aromatic rings. The number of aromatic nitrogens is 2. The Kier molecular flexibility index (Phi) is 6.20. The first kappa shape index (κ1) is 19.0. The van der Waals surface area contributed by atoms with Crippen LogP contribution in [0, 0.1) is 5.41 Å². The van der Waals surface area contributed by atoms with Gasteiger partial charge in [-0.25, -0.2) is 4.98 Å². The van der Waals surface area contributed by atoms with Crippen molar-refractivity contribution in [2.75, 3.05) is 19.0 Å². The summed E-state index contributed by atoms with van der Waals surface area (Å²) in [5.41, 5.74) is 1.37. The molecule has 0 radical (unpaired) electrons. The molecule has 7 heteroatoms. The summed E-state index contributed by atoms with van der Waals surface area (Å²) in [5.74, 6) is 0.945. The lowest BCUT2D eigenvalue weighted by Gasteiger charge is -2.20. The molecular weight excluding hydrogens is 340 g/mol. The van der Waals surface area contributed by atoms with Crippen molar-refractivity contribution in [1.82, 2.24) is 15.3 Å². The Morgan fingerprint density at radius 1 is 1.24 bits per heavy atom. The van der Waals surface area contributed by atoms with E-state index in [4.69, 9.17) is 16.3 Å². The number of methoxy groups -OCH3 is 1. The van der Waals surface area contributed by atoms with Crippen molar-refractivity contribution < 1.29 is 9.53 Å². The maximum Gasteiger partial charge on any atom is 0.256 e. The second-order valence-electron chi connectivity index (χ2n) is 6.85. The maximum atomic E-state index is 12.5. The van der Waals surface area contributed by atoms with Gasteiger partial charge in [0.15, 0.2) is 0 Å². The van der Waals surface area contributed by atoms with Crippen molar-refractivity contribution in [2.45, 2.75) is 27.3 Å². The van der Waals surface area contributed by atoms with Crippen molar-refractivity contribution >= 4 is 23.3 Å². The molecule has 0 fully saturated rings. The van der Waals surface area contributed by atoms with Crippen LogP contribution in [0.15, 0.2) is 30.5 Å². The second-order valence-corrected chi connectivity index (χ2v) is 7.18. The molecule has 0 aliphatic rings. The summed E-state index contributed by atoms with van der Waals surface area (Å²) in [6.45, 7) is 7.31. The van der Waals surface area contributed by atoms with Gasteiger partial charge >= 0.3 is 0 Å². The first-order valence-electron chi connectivity index (χ1n) is 7.96. The minimum Gasteiger partial charge on any atom is -0.497 e. The molecule has 1 heterocycles. The van der Waals surface area contributed by atoms with E-state index in [9.17, 15) is 4.79 Å². The van der Waals surface area contributed by atoms with Crippen molar-refractivity contribution in [1.29, 1.82) is 0 Å². The highest BCUT2D eigenvalue weighted by Gasteiger charge is 2.17. The van der Waals surface area contributed by atoms with Crippen molar-refractivity contribution in [2.24, 2.45) is 5.41 Å². The average molecular weight is 363 g/mol. The quantitative estimate of drug-likeness (QED) is 0.769. The number of halogens is 1. The Hall–Kier alpha value is -2.34. The normalized spacial score (nSPS) is 11.1. The maximum absolute atomic E-state index is 12.5. The molecular formula is C18H23ClN4O2. The number of rotatable bonds is 6. The highest BCUT2D eigenvalue weighted by Crippen LogP contribution is 2.19. The molecule has 1 amide bonds. The third kappa shape index (κ3) is 5.90. The molecule has 0 saturated heterocycles. The fourth-order valence-electron chi connectivity index (χ4n) is 2.03. The Morgan fingerprint density at radius 3 is 2.52 bits per heavy atom. The number of hydrogen-bond donors (Lipinski definition) is 2. The number of nitrogens with one attached hydrogen (secondary N) is 2. The molecule has 0 bridgehead atoms. The van der Waals surface area contributed by atoms with E-state index in [2.05, 4.69) is 41.4 Å². The number of amides is 1. The number of ether oxygens (including phenoxy) is 1. The zero-order valence-electron chi connectivity index (χ0n) is 14.9. The summed E-state index contributed by atoms with van der Waals surface area (Å²) in [6.07, 6.45) is 1.43. The Morgan fingerprint density at radius 2 is 1.92 bits per heavy atom. The van der Waals surface area contributed by atoms with E-state index in [0.29, 0.717) is 24.5 Å². The van der Waals surface area contributed by atoms with Crippen molar-refractivity contribution in [3.8, 4) is 5.75 Å². The van der Waals surface area contributed by atoms with Gasteiger partial charge in [0.25, 0.3) is 5.91 Å². The van der Waals surface area contributed by atoms with E-state index in [1.54, 1.807) is 7.11 Å². The number of hydrogen-bond acceptors (Lipinski definition) is 5. The lowest BCUT2D eigenvalue weighted by atomic mass is 9.97. The first-order chi connectivity index (χ1) is 11.8. The lowest BCUT2D eigenvalue weighted by Crippen LogP contribution is -2.26. The minimum absolute atomic E-state index is 0.0360. The fourth-order valence-corrected chi connectivity index (χ4v) is 2.16. The summed E-state index contributed by atoms with van der Waals surface area (Å²) in [4.78, 5) is 20.6. The third-order valence-electron chi connectivity index (χ3n) is 3.40. The van der Waals surface area contributed by atoms with E-state index in [1.807, 2.05) is 24.3 Å². The number of benzene rings is 1. The molecule has 2 N–H and O–H groups in total. The number of carbonyl (C=O) groups is 1. The lowest BCUT2D eigenvalue weighted by molar-refractivity contribution is 0.0951. The summed E-state index contributed by atoms with van der Waals surface area (Å²) >= 11 is 5.87. The highest BCUT2D eigenvalue weighted by molar-refractivity contribution is 6.28. The van der Waals surface area contributed by atoms with Crippen LogP contribution < -0.4 is 15.4 Å². The van der Waals surface area contributed by atoms with Gasteiger partial charge in [0.2, 0.25) is 5.28 Å². The van der Waals surface area contributed by atoms with E-state index in [0.717, 1.165) is 11.3 Å². The third-order valence-corrected chi connectivity index (χ3v) is 3.58. The number of nitrogens with zero attached hydrogens (tertiary/aromatic N) is 2. The zero-order valence-corrected chi connectivity index (χ0v) is 15.6. The molecule has 0 spiro atoms. The van der Waals surface area contributed by atoms with Crippen LogP contribution in [0.3, 0.4) is 0 Å². The molecule has 0 aliphatic heterocycles. The van der Waals surface area contributed by atoms with Crippen LogP contribution in [-0.4, -0.2) is 29.5 Å². The van der Waals surface area contributed by atoms with Crippen molar-refractivity contribution in [3.05, 3.63) is 46.9 Å². The number of anilines is 1. The van der Waals surface area contributed by atoms with Gasteiger partial charge in [-0.1, -0.05) is 32.9 Å².